The third kappa shape index (κ3) is 6.27. The minimum Gasteiger partial charge on any atom is -0.508 e. The summed E-state index contributed by atoms with van der Waals surface area (Å²) in [6.45, 7) is 5.55. The topological polar surface area (TPSA) is 76.9 Å². The van der Waals surface area contributed by atoms with Crippen LogP contribution >= 0.6 is 0 Å². The summed E-state index contributed by atoms with van der Waals surface area (Å²) in [5.74, 6) is 0.221. The SMILES string of the molecule is CCN(Cc1ccncc1)CC1(O)CCCN(C(=O)Cc2cccc(O)c2)CC1. The third-order valence-electron chi connectivity index (χ3n) is 5.66. The number of phenols is 1. The molecule has 1 unspecified atom stereocenters. The van der Waals surface area contributed by atoms with E-state index in [0.717, 1.165) is 25.1 Å². The number of carbonyl (C=O) groups is 1. The number of likely N-dealkylation sites (N-methyl/N-ethyl adjacent to an activating group) is 1. The molecule has 0 bridgehead atoms. The van der Waals surface area contributed by atoms with Gasteiger partial charge in [-0.3, -0.25) is 14.7 Å². The molecule has 29 heavy (non-hydrogen) atoms. The van der Waals surface area contributed by atoms with Crippen LogP contribution in [0.2, 0.25) is 0 Å². The molecule has 1 saturated heterocycles. The second-order valence-corrected chi connectivity index (χ2v) is 7.96. The molecular formula is C23H31N3O3. The van der Waals surface area contributed by atoms with Gasteiger partial charge in [-0.05, 0) is 61.2 Å². The number of benzene rings is 1. The maximum absolute atomic E-state index is 12.7. The Bertz CT molecular complexity index is 799. The van der Waals surface area contributed by atoms with Crippen molar-refractivity contribution in [2.45, 2.75) is 44.8 Å². The van der Waals surface area contributed by atoms with Crippen LogP contribution in [0.1, 0.15) is 37.3 Å². The summed E-state index contributed by atoms with van der Waals surface area (Å²) in [4.78, 5) is 20.9. The van der Waals surface area contributed by atoms with Gasteiger partial charge in [0.15, 0.2) is 0 Å². The Balaban J connectivity index is 1.56. The second-order valence-electron chi connectivity index (χ2n) is 7.96. The quantitative estimate of drug-likeness (QED) is 0.751. The summed E-state index contributed by atoms with van der Waals surface area (Å²) in [5.41, 5.74) is 1.20. The zero-order valence-electron chi connectivity index (χ0n) is 17.1. The Morgan fingerprint density at radius 3 is 2.69 bits per heavy atom. The van der Waals surface area contributed by atoms with Crippen LogP contribution in [-0.4, -0.2) is 62.7 Å². The molecule has 0 radical (unpaired) electrons. The lowest BCUT2D eigenvalue weighted by atomic mass is 9.94. The predicted octanol–water partition coefficient (Wildman–Crippen LogP) is 2.60. The van der Waals surface area contributed by atoms with E-state index in [1.807, 2.05) is 23.1 Å². The summed E-state index contributed by atoms with van der Waals surface area (Å²) in [6.07, 6.45) is 5.91. The largest absolute Gasteiger partial charge is 0.508 e. The number of aromatic hydroxyl groups is 1. The Morgan fingerprint density at radius 1 is 1.17 bits per heavy atom. The minimum absolute atomic E-state index is 0.0454. The van der Waals surface area contributed by atoms with Gasteiger partial charge in [-0.25, -0.2) is 0 Å². The van der Waals surface area contributed by atoms with Crippen molar-refractivity contribution < 1.29 is 15.0 Å². The predicted molar refractivity (Wildman–Crippen MR) is 112 cm³/mol. The highest BCUT2D eigenvalue weighted by molar-refractivity contribution is 5.78. The number of aromatic nitrogens is 1. The number of amides is 1. The first kappa shape index (κ1) is 21.3. The number of phenolic OH excluding ortho intramolecular Hbond substituents is 1. The number of aliphatic hydroxyl groups is 1. The fourth-order valence-corrected chi connectivity index (χ4v) is 3.98. The molecule has 0 saturated carbocycles. The normalized spacial score (nSPS) is 19.9. The lowest BCUT2D eigenvalue weighted by molar-refractivity contribution is -0.130. The van der Waals surface area contributed by atoms with Gasteiger partial charge in [0, 0.05) is 38.6 Å². The minimum atomic E-state index is -0.789. The van der Waals surface area contributed by atoms with Crippen LogP contribution in [0.3, 0.4) is 0 Å². The zero-order chi connectivity index (χ0) is 20.7. The molecule has 1 aromatic carbocycles. The molecule has 6 nitrogen and oxygen atoms in total. The lowest BCUT2D eigenvalue weighted by Gasteiger charge is -2.33. The summed E-state index contributed by atoms with van der Waals surface area (Å²) < 4.78 is 0. The van der Waals surface area contributed by atoms with E-state index in [1.165, 1.54) is 5.56 Å². The molecule has 1 atom stereocenters. The van der Waals surface area contributed by atoms with E-state index in [2.05, 4.69) is 16.8 Å². The molecule has 2 heterocycles. The molecule has 0 spiro atoms. The van der Waals surface area contributed by atoms with Crippen molar-refractivity contribution in [2.24, 2.45) is 0 Å². The van der Waals surface area contributed by atoms with Crippen molar-refractivity contribution >= 4 is 5.91 Å². The molecule has 1 aliphatic heterocycles. The summed E-state index contributed by atoms with van der Waals surface area (Å²) >= 11 is 0. The molecule has 1 aromatic heterocycles. The summed E-state index contributed by atoms with van der Waals surface area (Å²) in [5, 5.41) is 20.8. The van der Waals surface area contributed by atoms with Crippen molar-refractivity contribution in [1.82, 2.24) is 14.8 Å². The van der Waals surface area contributed by atoms with Gasteiger partial charge in [0.2, 0.25) is 5.91 Å². The molecule has 2 aromatic rings. The van der Waals surface area contributed by atoms with Crippen molar-refractivity contribution in [1.29, 1.82) is 0 Å². The average Bonchev–Trinajstić information content (AvgIpc) is 2.90. The van der Waals surface area contributed by atoms with Crippen molar-refractivity contribution in [2.75, 3.05) is 26.2 Å². The van der Waals surface area contributed by atoms with E-state index in [4.69, 9.17) is 0 Å². The molecular weight excluding hydrogens is 366 g/mol. The molecule has 3 rings (SSSR count). The fourth-order valence-electron chi connectivity index (χ4n) is 3.98. The van der Waals surface area contributed by atoms with Crippen LogP contribution in [0.25, 0.3) is 0 Å². The number of hydrogen-bond acceptors (Lipinski definition) is 5. The van der Waals surface area contributed by atoms with Crippen molar-refractivity contribution in [3.8, 4) is 5.75 Å². The van der Waals surface area contributed by atoms with Gasteiger partial charge in [0.25, 0.3) is 0 Å². The molecule has 1 fully saturated rings. The van der Waals surface area contributed by atoms with Crippen LogP contribution in [0, 0.1) is 0 Å². The molecule has 6 heteroatoms. The van der Waals surface area contributed by atoms with Gasteiger partial charge in [0.1, 0.15) is 5.75 Å². The van der Waals surface area contributed by atoms with E-state index >= 15 is 0 Å². The molecule has 156 valence electrons. The Morgan fingerprint density at radius 2 is 1.97 bits per heavy atom. The first-order valence-electron chi connectivity index (χ1n) is 10.4. The van der Waals surface area contributed by atoms with E-state index in [9.17, 15) is 15.0 Å². The van der Waals surface area contributed by atoms with Gasteiger partial charge in [0.05, 0.1) is 12.0 Å². The van der Waals surface area contributed by atoms with Crippen LogP contribution in [-0.2, 0) is 17.8 Å². The monoisotopic (exact) mass is 397 g/mol. The van der Waals surface area contributed by atoms with E-state index in [-0.39, 0.29) is 18.1 Å². The number of pyridine rings is 1. The summed E-state index contributed by atoms with van der Waals surface area (Å²) in [7, 11) is 0. The molecule has 1 aliphatic rings. The standard InChI is InChI=1S/C23H31N3O3/c1-2-25(17-19-7-11-24-12-8-19)18-23(29)9-4-13-26(14-10-23)22(28)16-20-5-3-6-21(27)15-20/h3,5-8,11-12,15,27,29H,2,4,9-10,13-14,16-18H2,1H3. The van der Waals surface area contributed by atoms with Gasteiger partial charge >= 0.3 is 0 Å². The highest BCUT2D eigenvalue weighted by Gasteiger charge is 2.33. The number of nitrogens with zero attached hydrogens (tertiary/aromatic N) is 3. The number of carbonyl (C=O) groups excluding carboxylic acids is 1. The second kappa shape index (κ2) is 9.85. The highest BCUT2D eigenvalue weighted by atomic mass is 16.3. The van der Waals surface area contributed by atoms with E-state index in [1.54, 1.807) is 30.6 Å². The maximum Gasteiger partial charge on any atom is 0.226 e. The first-order valence-corrected chi connectivity index (χ1v) is 10.4. The van der Waals surface area contributed by atoms with Gasteiger partial charge in [-0.2, -0.15) is 0 Å². The van der Waals surface area contributed by atoms with E-state index < -0.39 is 5.60 Å². The average molecular weight is 398 g/mol. The van der Waals surface area contributed by atoms with Crippen molar-refractivity contribution in [3.63, 3.8) is 0 Å². The number of rotatable bonds is 7. The number of hydrogen-bond donors (Lipinski definition) is 2. The Kier molecular flexibility index (Phi) is 7.23. The van der Waals surface area contributed by atoms with Gasteiger partial charge in [-0.15, -0.1) is 0 Å². The zero-order valence-corrected chi connectivity index (χ0v) is 17.1. The van der Waals surface area contributed by atoms with Gasteiger partial charge < -0.3 is 15.1 Å². The highest BCUT2D eigenvalue weighted by Crippen LogP contribution is 2.25. The Labute approximate surface area is 172 Å². The number of likely N-dealkylation sites (tertiary alicyclic amines) is 1. The summed E-state index contributed by atoms with van der Waals surface area (Å²) in [6, 6.07) is 10.8. The first-order chi connectivity index (χ1) is 14.0. The van der Waals surface area contributed by atoms with E-state index in [0.29, 0.717) is 32.5 Å². The van der Waals surface area contributed by atoms with Crippen LogP contribution in [0.15, 0.2) is 48.8 Å². The lowest BCUT2D eigenvalue weighted by Crippen LogP contribution is -2.44. The molecule has 2 N–H and O–H groups in total. The molecule has 1 amide bonds. The van der Waals surface area contributed by atoms with Crippen molar-refractivity contribution in [3.05, 3.63) is 59.9 Å². The van der Waals surface area contributed by atoms with Crippen LogP contribution < -0.4 is 0 Å². The van der Waals surface area contributed by atoms with Gasteiger partial charge in [-0.1, -0.05) is 19.1 Å². The van der Waals surface area contributed by atoms with Crippen LogP contribution in [0.5, 0.6) is 5.75 Å². The fraction of sp³-hybridized carbons (Fsp3) is 0.478. The van der Waals surface area contributed by atoms with Crippen LogP contribution in [0.4, 0.5) is 0 Å². The smallest absolute Gasteiger partial charge is 0.226 e. The molecule has 0 aliphatic carbocycles. The Hall–Kier alpha value is -2.44. The third-order valence-corrected chi connectivity index (χ3v) is 5.66. The maximum atomic E-state index is 12.7.